The van der Waals surface area contributed by atoms with Gasteiger partial charge in [-0.25, -0.2) is 4.98 Å². The summed E-state index contributed by atoms with van der Waals surface area (Å²) >= 11 is 1.25. The molecule has 1 aromatic heterocycles. The Kier molecular flexibility index (Phi) is 4.19. The zero-order valence-corrected chi connectivity index (χ0v) is 11.7. The van der Waals surface area contributed by atoms with E-state index in [2.05, 4.69) is 15.2 Å². The summed E-state index contributed by atoms with van der Waals surface area (Å²) in [6, 6.07) is 0.151. The van der Waals surface area contributed by atoms with E-state index < -0.39 is 0 Å². The van der Waals surface area contributed by atoms with E-state index in [1.54, 1.807) is 0 Å². The maximum Gasteiger partial charge on any atom is 0.263 e. The van der Waals surface area contributed by atoms with Gasteiger partial charge in [0.05, 0.1) is 5.69 Å². The van der Waals surface area contributed by atoms with Crippen LogP contribution in [0.2, 0.25) is 0 Å². The summed E-state index contributed by atoms with van der Waals surface area (Å²) in [5.41, 5.74) is 6.31. The molecule has 18 heavy (non-hydrogen) atoms. The molecule has 2 rings (SSSR count). The second kappa shape index (κ2) is 5.67. The Bertz CT molecular complexity index is 426. The molecule has 1 aromatic rings. The minimum absolute atomic E-state index is 0.0617. The molecule has 1 aliphatic heterocycles. The van der Waals surface area contributed by atoms with Gasteiger partial charge < -0.3 is 16.0 Å². The molecule has 1 fully saturated rings. The summed E-state index contributed by atoms with van der Waals surface area (Å²) in [6.45, 7) is 7.06. The summed E-state index contributed by atoms with van der Waals surface area (Å²) in [5.74, 6) is -0.0617. The van der Waals surface area contributed by atoms with Crippen LogP contribution in [0.4, 0.5) is 5.13 Å². The summed E-state index contributed by atoms with van der Waals surface area (Å²) < 4.78 is 0. The summed E-state index contributed by atoms with van der Waals surface area (Å²) in [7, 11) is 0. The molecule has 2 heterocycles. The van der Waals surface area contributed by atoms with Gasteiger partial charge in [0, 0.05) is 12.6 Å². The highest BCUT2D eigenvalue weighted by molar-refractivity contribution is 7.17. The number of nitrogens with zero attached hydrogens (tertiary/aromatic N) is 2. The van der Waals surface area contributed by atoms with Crippen LogP contribution in [0.25, 0.3) is 0 Å². The lowest BCUT2D eigenvalue weighted by Gasteiger charge is -2.20. The number of aromatic nitrogens is 1. The normalized spacial score (nSPS) is 17.9. The fourth-order valence-electron chi connectivity index (χ4n) is 2.32. The lowest BCUT2D eigenvalue weighted by molar-refractivity contribution is 0.0935. The molecule has 0 radical (unpaired) electrons. The van der Waals surface area contributed by atoms with Crippen molar-refractivity contribution < 1.29 is 4.79 Å². The van der Waals surface area contributed by atoms with Crippen LogP contribution in [0.1, 0.15) is 35.1 Å². The molecule has 1 amide bonds. The predicted molar refractivity (Wildman–Crippen MR) is 73.9 cm³/mol. The van der Waals surface area contributed by atoms with Crippen molar-refractivity contribution in [3.8, 4) is 0 Å². The van der Waals surface area contributed by atoms with Crippen molar-refractivity contribution in [1.82, 2.24) is 15.2 Å². The molecular formula is C12H20N4OS. The number of nitrogens with two attached hydrogens (primary N) is 1. The van der Waals surface area contributed by atoms with Crippen molar-refractivity contribution in [3.05, 3.63) is 10.6 Å². The molecule has 1 saturated heterocycles. The van der Waals surface area contributed by atoms with E-state index in [4.69, 9.17) is 5.73 Å². The molecule has 0 aromatic carbocycles. The van der Waals surface area contributed by atoms with Crippen molar-refractivity contribution in [2.75, 3.05) is 25.4 Å². The first-order valence-corrected chi connectivity index (χ1v) is 7.14. The van der Waals surface area contributed by atoms with Crippen LogP contribution in [0.3, 0.4) is 0 Å². The number of aryl methyl sites for hydroxylation is 1. The molecule has 0 saturated carbocycles. The van der Waals surface area contributed by atoms with Gasteiger partial charge in [0.2, 0.25) is 0 Å². The van der Waals surface area contributed by atoms with Gasteiger partial charge in [-0.15, -0.1) is 0 Å². The molecule has 6 heteroatoms. The van der Waals surface area contributed by atoms with Crippen LogP contribution in [0.15, 0.2) is 0 Å². The van der Waals surface area contributed by atoms with E-state index in [9.17, 15) is 4.79 Å². The molecule has 0 spiro atoms. The number of carbonyl (C=O) groups excluding carboxylic acids is 1. The third kappa shape index (κ3) is 3.20. The number of hydrogen-bond acceptors (Lipinski definition) is 5. The first-order chi connectivity index (χ1) is 8.56. The molecular weight excluding hydrogens is 248 g/mol. The quantitative estimate of drug-likeness (QED) is 0.862. The molecule has 100 valence electrons. The number of likely N-dealkylation sites (tertiary alicyclic amines) is 1. The highest BCUT2D eigenvalue weighted by Crippen LogP contribution is 2.19. The van der Waals surface area contributed by atoms with Gasteiger partial charge in [-0.2, -0.15) is 0 Å². The minimum Gasteiger partial charge on any atom is -0.375 e. The molecule has 0 aliphatic carbocycles. The fourth-order valence-corrected chi connectivity index (χ4v) is 3.05. The zero-order valence-electron chi connectivity index (χ0n) is 10.9. The Hall–Kier alpha value is -1.14. The number of nitrogen functional groups attached to an aromatic ring is 1. The Labute approximate surface area is 111 Å². The van der Waals surface area contributed by atoms with Gasteiger partial charge >= 0.3 is 0 Å². The smallest absolute Gasteiger partial charge is 0.263 e. The Morgan fingerprint density at radius 1 is 1.56 bits per heavy atom. The van der Waals surface area contributed by atoms with Gasteiger partial charge in [0.25, 0.3) is 5.91 Å². The van der Waals surface area contributed by atoms with Crippen molar-refractivity contribution in [1.29, 1.82) is 0 Å². The highest BCUT2D eigenvalue weighted by Gasteiger charge is 2.19. The van der Waals surface area contributed by atoms with E-state index >= 15 is 0 Å². The maximum atomic E-state index is 12.0. The number of anilines is 1. The number of hydrogen-bond donors (Lipinski definition) is 2. The van der Waals surface area contributed by atoms with E-state index in [0.717, 1.165) is 19.6 Å². The van der Waals surface area contributed by atoms with E-state index in [-0.39, 0.29) is 11.9 Å². The molecule has 1 aliphatic rings. The van der Waals surface area contributed by atoms with Crippen molar-refractivity contribution >= 4 is 22.4 Å². The van der Waals surface area contributed by atoms with Crippen molar-refractivity contribution in [2.24, 2.45) is 0 Å². The standard InChI is InChI=1S/C12H20N4OS/c1-8(7-16-5-3-4-6-16)14-11(17)10-9(2)15-12(13)18-10/h8H,3-7H2,1-2H3,(H2,13,15)(H,14,17). The van der Waals surface area contributed by atoms with Crippen LogP contribution < -0.4 is 11.1 Å². The first-order valence-electron chi connectivity index (χ1n) is 6.32. The maximum absolute atomic E-state index is 12.0. The van der Waals surface area contributed by atoms with Gasteiger partial charge in [-0.1, -0.05) is 11.3 Å². The average Bonchev–Trinajstić information content (AvgIpc) is 2.88. The number of rotatable bonds is 4. The van der Waals surface area contributed by atoms with E-state index in [1.165, 1.54) is 24.2 Å². The Morgan fingerprint density at radius 3 is 2.78 bits per heavy atom. The molecule has 5 nitrogen and oxygen atoms in total. The number of amides is 1. The number of thiazole rings is 1. The third-order valence-corrected chi connectivity index (χ3v) is 4.11. The highest BCUT2D eigenvalue weighted by atomic mass is 32.1. The summed E-state index contributed by atoms with van der Waals surface area (Å²) in [6.07, 6.45) is 2.54. The van der Waals surface area contributed by atoms with Crippen LogP contribution >= 0.6 is 11.3 Å². The number of nitrogens with one attached hydrogen (secondary N) is 1. The minimum atomic E-state index is -0.0617. The van der Waals surface area contributed by atoms with Gasteiger partial charge in [0.15, 0.2) is 5.13 Å². The molecule has 3 N–H and O–H groups in total. The van der Waals surface area contributed by atoms with Gasteiger partial charge in [0.1, 0.15) is 4.88 Å². The van der Waals surface area contributed by atoms with Crippen LogP contribution in [-0.2, 0) is 0 Å². The largest absolute Gasteiger partial charge is 0.375 e. The zero-order chi connectivity index (χ0) is 13.1. The predicted octanol–water partition coefficient (Wildman–Crippen LogP) is 1.25. The second-order valence-corrected chi connectivity index (χ2v) is 5.88. The second-order valence-electron chi connectivity index (χ2n) is 4.85. The lowest BCUT2D eigenvalue weighted by atomic mass is 10.3. The monoisotopic (exact) mass is 268 g/mol. The van der Waals surface area contributed by atoms with E-state index in [0.29, 0.717) is 15.7 Å². The molecule has 1 atom stereocenters. The SMILES string of the molecule is Cc1nc(N)sc1C(=O)NC(C)CN1CCCC1. The lowest BCUT2D eigenvalue weighted by Crippen LogP contribution is -2.41. The van der Waals surface area contributed by atoms with Crippen LogP contribution in [0, 0.1) is 6.92 Å². The third-order valence-electron chi connectivity index (χ3n) is 3.13. The summed E-state index contributed by atoms with van der Waals surface area (Å²) in [4.78, 5) is 19.1. The van der Waals surface area contributed by atoms with Crippen LogP contribution in [-0.4, -0.2) is 41.5 Å². The Balaban J connectivity index is 1.88. The van der Waals surface area contributed by atoms with Crippen molar-refractivity contribution in [2.45, 2.75) is 32.7 Å². The molecule has 1 unspecified atom stereocenters. The summed E-state index contributed by atoms with van der Waals surface area (Å²) in [5, 5.41) is 3.46. The van der Waals surface area contributed by atoms with Gasteiger partial charge in [-0.3, -0.25) is 4.79 Å². The average molecular weight is 268 g/mol. The van der Waals surface area contributed by atoms with Gasteiger partial charge in [-0.05, 0) is 39.8 Å². The molecule has 0 bridgehead atoms. The number of carbonyl (C=O) groups is 1. The Morgan fingerprint density at radius 2 is 2.22 bits per heavy atom. The topological polar surface area (TPSA) is 71.2 Å². The van der Waals surface area contributed by atoms with Crippen molar-refractivity contribution in [3.63, 3.8) is 0 Å². The van der Waals surface area contributed by atoms with Crippen LogP contribution in [0.5, 0.6) is 0 Å². The fraction of sp³-hybridized carbons (Fsp3) is 0.667. The first kappa shape index (κ1) is 13.3. The van der Waals surface area contributed by atoms with E-state index in [1.807, 2.05) is 13.8 Å².